The van der Waals surface area contributed by atoms with Crippen LogP contribution in [-0.2, 0) is 24.8 Å². The number of sulfonamides is 2. The predicted octanol–water partition coefficient (Wildman–Crippen LogP) is 1.30. The van der Waals surface area contributed by atoms with Gasteiger partial charge in [0.05, 0.1) is 16.0 Å². The normalized spacial score (nSPS) is 17.9. The molecule has 1 atom stereocenters. The Balaban J connectivity index is 1.63. The van der Waals surface area contributed by atoms with Gasteiger partial charge in [0.25, 0.3) is 5.91 Å². The first kappa shape index (κ1) is 24.7. The number of hydrogen-bond acceptors (Lipinski definition) is 7. The van der Waals surface area contributed by atoms with Gasteiger partial charge in [-0.2, -0.15) is 13.7 Å². The summed E-state index contributed by atoms with van der Waals surface area (Å²) >= 11 is 0. The molecule has 1 aliphatic rings. The van der Waals surface area contributed by atoms with E-state index in [2.05, 4.69) is 15.5 Å². The zero-order chi connectivity index (χ0) is 24.9. The van der Waals surface area contributed by atoms with Gasteiger partial charge in [-0.1, -0.05) is 42.5 Å². The smallest absolute Gasteiger partial charge is 0.259 e. The van der Waals surface area contributed by atoms with Crippen molar-refractivity contribution in [2.24, 2.45) is 5.10 Å². The fraction of sp³-hybridized carbons (Fsp3) is 0.174. The molecule has 10 nitrogen and oxygen atoms in total. The second-order valence-corrected chi connectivity index (χ2v) is 11.5. The summed E-state index contributed by atoms with van der Waals surface area (Å²) < 4.78 is 55.2. The Bertz CT molecular complexity index is 1400. The van der Waals surface area contributed by atoms with Crippen molar-refractivity contribution in [3.63, 3.8) is 0 Å². The van der Waals surface area contributed by atoms with E-state index in [1.165, 1.54) is 36.7 Å². The summed E-state index contributed by atoms with van der Waals surface area (Å²) in [6, 6.07) is 17.6. The highest BCUT2D eigenvalue weighted by Gasteiger charge is 2.43. The summed E-state index contributed by atoms with van der Waals surface area (Å²) in [7, 11) is -8.02. The Morgan fingerprint density at radius 1 is 0.886 bits per heavy atom. The number of piperazine rings is 1. The van der Waals surface area contributed by atoms with Gasteiger partial charge >= 0.3 is 0 Å². The lowest BCUT2D eigenvalue weighted by molar-refractivity contribution is -0.125. The van der Waals surface area contributed by atoms with Crippen molar-refractivity contribution in [1.82, 2.24) is 19.0 Å². The number of nitrogens with one attached hydrogen (secondary N) is 1. The first-order valence-electron chi connectivity index (χ1n) is 10.7. The maximum absolute atomic E-state index is 13.4. The molecule has 0 radical (unpaired) electrons. The third kappa shape index (κ3) is 5.46. The van der Waals surface area contributed by atoms with E-state index >= 15 is 0 Å². The lowest BCUT2D eigenvalue weighted by Crippen LogP contribution is -2.60. The molecule has 0 unspecified atom stereocenters. The Labute approximate surface area is 204 Å². The molecule has 1 N–H and O–H groups in total. The second kappa shape index (κ2) is 10.4. The fourth-order valence-electron chi connectivity index (χ4n) is 3.63. The molecule has 12 heteroatoms. The lowest BCUT2D eigenvalue weighted by Gasteiger charge is -2.38. The Morgan fingerprint density at radius 3 is 2.11 bits per heavy atom. The van der Waals surface area contributed by atoms with Gasteiger partial charge in [-0.15, -0.1) is 0 Å². The summed E-state index contributed by atoms with van der Waals surface area (Å²) in [5.74, 6) is -0.752. The van der Waals surface area contributed by atoms with E-state index in [4.69, 9.17) is 0 Å². The monoisotopic (exact) mass is 513 g/mol. The van der Waals surface area contributed by atoms with Crippen molar-refractivity contribution in [2.45, 2.75) is 15.8 Å². The average Bonchev–Trinajstić information content (AvgIpc) is 2.90. The topological polar surface area (TPSA) is 129 Å². The molecular weight excluding hydrogens is 490 g/mol. The first-order chi connectivity index (χ1) is 16.8. The third-order valence-electron chi connectivity index (χ3n) is 5.40. The van der Waals surface area contributed by atoms with Crippen LogP contribution >= 0.6 is 0 Å². The predicted molar refractivity (Wildman–Crippen MR) is 129 cm³/mol. The van der Waals surface area contributed by atoms with E-state index in [1.54, 1.807) is 54.7 Å². The number of nitrogens with zero attached hydrogens (tertiary/aromatic N) is 4. The molecule has 3 aromatic rings. The quantitative estimate of drug-likeness (QED) is 0.375. The number of carbonyl (C=O) groups excluding carboxylic acids is 1. The minimum absolute atomic E-state index is 0.0102. The molecular formula is C23H23N5O5S2. The highest BCUT2D eigenvalue weighted by atomic mass is 32.2. The summed E-state index contributed by atoms with van der Waals surface area (Å²) in [4.78, 5) is 17.1. The Morgan fingerprint density at radius 2 is 1.51 bits per heavy atom. The van der Waals surface area contributed by atoms with Crippen LogP contribution in [-0.4, -0.2) is 68.2 Å². The van der Waals surface area contributed by atoms with Gasteiger partial charge in [0.2, 0.25) is 20.0 Å². The SMILES string of the molecule is O=C(N/N=C\c1cccnc1)[C@H]1CN(S(=O)(=O)c2ccccc2)CCN1S(=O)(=O)c1ccccc1. The summed E-state index contributed by atoms with van der Waals surface area (Å²) in [6.45, 7) is -0.669. The molecule has 0 saturated carbocycles. The van der Waals surface area contributed by atoms with Gasteiger partial charge in [-0.3, -0.25) is 9.78 Å². The zero-order valence-corrected chi connectivity index (χ0v) is 20.1. The number of amides is 1. The first-order valence-corrected chi connectivity index (χ1v) is 13.5. The van der Waals surface area contributed by atoms with Crippen molar-refractivity contribution >= 4 is 32.2 Å². The van der Waals surface area contributed by atoms with E-state index in [0.29, 0.717) is 5.56 Å². The van der Waals surface area contributed by atoms with Crippen LogP contribution in [0.3, 0.4) is 0 Å². The molecule has 0 bridgehead atoms. The van der Waals surface area contributed by atoms with Crippen LogP contribution in [0, 0.1) is 0 Å². The highest BCUT2D eigenvalue weighted by Crippen LogP contribution is 2.25. The molecule has 1 amide bonds. The van der Waals surface area contributed by atoms with Crippen molar-refractivity contribution in [3.8, 4) is 0 Å². The van der Waals surface area contributed by atoms with Crippen LogP contribution in [0.25, 0.3) is 0 Å². The number of aromatic nitrogens is 1. The summed E-state index contributed by atoms with van der Waals surface area (Å²) in [5, 5.41) is 3.90. The third-order valence-corrected chi connectivity index (χ3v) is 9.20. The van der Waals surface area contributed by atoms with Crippen LogP contribution in [0.1, 0.15) is 5.56 Å². The van der Waals surface area contributed by atoms with Gasteiger partial charge in [0.1, 0.15) is 6.04 Å². The number of pyridine rings is 1. The Kier molecular flexibility index (Phi) is 7.36. The Hall–Kier alpha value is -3.45. The highest BCUT2D eigenvalue weighted by molar-refractivity contribution is 7.89. The summed E-state index contributed by atoms with van der Waals surface area (Å²) in [5.41, 5.74) is 2.96. The van der Waals surface area contributed by atoms with E-state index in [-0.39, 0.29) is 29.4 Å². The molecule has 0 aliphatic carbocycles. The van der Waals surface area contributed by atoms with E-state index in [9.17, 15) is 21.6 Å². The van der Waals surface area contributed by atoms with Crippen LogP contribution < -0.4 is 5.43 Å². The number of hydrazone groups is 1. The zero-order valence-electron chi connectivity index (χ0n) is 18.5. The van der Waals surface area contributed by atoms with Gasteiger partial charge in [-0.05, 0) is 30.3 Å². The van der Waals surface area contributed by atoms with Crippen molar-refractivity contribution in [2.75, 3.05) is 19.6 Å². The largest absolute Gasteiger partial charge is 0.271 e. The van der Waals surface area contributed by atoms with Crippen LogP contribution in [0.5, 0.6) is 0 Å². The number of rotatable bonds is 7. The summed E-state index contributed by atoms with van der Waals surface area (Å²) in [6.07, 6.45) is 4.49. The fourth-order valence-corrected chi connectivity index (χ4v) is 6.68. The van der Waals surface area contributed by atoms with Gasteiger partial charge in [0, 0.05) is 37.6 Å². The minimum Gasteiger partial charge on any atom is -0.271 e. The van der Waals surface area contributed by atoms with Crippen LogP contribution in [0.4, 0.5) is 0 Å². The number of benzene rings is 2. The van der Waals surface area contributed by atoms with Gasteiger partial charge < -0.3 is 0 Å². The molecule has 1 aliphatic heterocycles. The van der Waals surface area contributed by atoms with Crippen molar-refractivity contribution in [3.05, 3.63) is 90.8 Å². The molecule has 4 rings (SSSR count). The number of hydrogen-bond donors (Lipinski definition) is 1. The van der Waals surface area contributed by atoms with Gasteiger partial charge in [-0.25, -0.2) is 22.3 Å². The van der Waals surface area contributed by atoms with Crippen LogP contribution in [0.2, 0.25) is 0 Å². The molecule has 182 valence electrons. The second-order valence-electron chi connectivity index (χ2n) is 7.64. The van der Waals surface area contributed by atoms with Crippen molar-refractivity contribution in [1.29, 1.82) is 0 Å². The molecule has 1 aromatic heterocycles. The van der Waals surface area contributed by atoms with E-state index in [1.807, 2.05) is 0 Å². The standard InChI is InChI=1S/C23H23N5O5S2/c29-23(26-25-17-19-8-7-13-24-16-19)22-18-27(34(30,31)20-9-3-1-4-10-20)14-15-28(22)35(32,33)21-11-5-2-6-12-21/h1-13,16-17,22H,14-15,18H2,(H,26,29)/b25-17-/t22-/m1/s1. The van der Waals surface area contributed by atoms with Gasteiger partial charge in [0.15, 0.2) is 0 Å². The van der Waals surface area contributed by atoms with E-state index < -0.39 is 32.0 Å². The molecule has 2 heterocycles. The minimum atomic E-state index is -4.08. The molecule has 2 aromatic carbocycles. The lowest BCUT2D eigenvalue weighted by atomic mass is 10.2. The number of carbonyl (C=O) groups is 1. The maximum atomic E-state index is 13.4. The van der Waals surface area contributed by atoms with E-state index in [0.717, 1.165) is 8.61 Å². The molecule has 0 spiro atoms. The molecule has 35 heavy (non-hydrogen) atoms. The van der Waals surface area contributed by atoms with Crippen LogP contribution in [0.15, 0.2) is 100 Å². The average molecular weight is 514 g/mol. The molecule has 1 fully saturated rings. The molecule has 1 saturated heterocycles. The maximum Gasteiger partial charge on any atom is 0.259 e. The van der Waals surface area contributed by atoms with Crippen molar-refractivity contribution < 1.29 is 21.6 Å².